The second kappa shape index (κ2) is 6.89. The van der Waals surface area contributed by atoms with Gasteiger partial charge >= 0.3 is 0 Å². The van der Waals surface area contributed by atoms with Crippen molar-refractivity contribution in [2.24, 2.45) is 5.41 Å². The molecule has 2 N–H and O–H groups in total. The fourth-order valence-corrected chi connectivity index (χ4v) is 2.57. The van der Waals surface area contributed by atoms with Crippen LogP contribution < -0.4 is 5.32 Å². The zero-order valence-corrected chi connectivity index (χ0v) is 11.5. The second-order valence-electron chi connectivity index (χ2n) is 5.32. The van der Waals surface area contributed by atoms with E-state index >= 15 is 0 Å². The average molecular weight is 265 g/mol. The van der Waals surface area contributed by atoms with Crippen LogP contribution in [0.25, 0.3) is 0 Å². The van der Waals surface area contributed by atoms with Crippen LogP contribution in [-0.4, -0.2) is 45.1 Å². The largest absolute Gasteiger partial charge is 0.508 e. The standard InChI is InChI=1S/C15H23NO3/c1-18-9-7-16-11-15(6-8-19-12-15)10-13-2-4-14(17)5-3-13/h2-5,16-17H,6-12H2,1H3. The SMILES string of the molecule is COCCNCC1(Cc2ccc(O)cc2)CCOC1. The van der Waals surface area contributed by atoms with E-state index < -0.39 is 0 Å². The predicted molar refractivity (Wildman–Crippen MR) is 74.4 cm³/mol. The normalized spacial score (nSPS) is 22.8. The van der Waals surface area contributed by atoms with Crippen LogP contribution in [0.15, 0.2) is 24.3 Å². The highest BCUT2D eigenvalue weighted by Crippen LogP contribution is 2.32. The molecule has 19 heavy (non-hydrogen) atoms. The van der Waals surface area contributed by atoms with Crippen LogP contribution in [0.2, 0.25) is 0 Å². The van der Waals surface area contributed by atoms with Gasteiger partial charge in [0.05, 0.1) is 13.2 Å². The lowest BCUT2D eigenvalue weighted by molar-refractivity contribution is 0.145. The topological polar surface area (TPSA) is 50.7 Å². The number of nitrogens with one attached hydrogen (secondary N) is 1. The quantitative estimate of drug-likeness (QED) is 0.735. The van der Waals surface area contributed by atoms with Crippen LogP contribution in [0, 0.1) is 5.41 Å². The van der Waals surface area contributed by atoms with Crippen molar-refractivity contribution in [1.82, 2.24) is 5.32 Å². The van der Waals surface area contributed by atoms with Crippen LogP contribution in [0.5, 0.6) is 5.75 Å². The molecule has 1 heterocycles. The molecule has 0 saturated carbocycles. The number of ether oxygens (including phenoxy) is 2. The fraction of sp³-hybridized carbons (Fsp3) is 0.600. The van der Waals surface area contributed by atoms with E-state index in [4.69, 9.17) is 9.47 Å². The molecule has 1 aromatic rings. The maximum Gasteiger partial charge on any atom is 0.115 e. The lowest BCUT2D eigenvalue weighted by Crippen LogP contribution is -2.38. The van der Waals surface area contributed by atoms with Gasteiger partial charge in [0.15, 0.2) is 0 Å². The molecule has 1 aliphatic rings. The Morgan fingerprint density at radius 2 is 2.16 bits per heavy atom. The molecule has 1 atom stereocenters. The Bertz CT molecular complexity index is 371. The molecule has 0 aromatic heterocycles. The van der Waals surface area contributed by atoms with Gasteiger partial charge in [-0.15, -0.1) is 0 Å². The lowest BCUT2D eigenvalue weighted by Gasteiger charge is -2.28. The summed E-state index contributed by atoms with van der Waals surface area (Å²) >= 11 is 0. The molecule has 0 spiro atoms. The molecule has 2 rings (SSSR count). The van der Waals surface area contributed by atoms with Gasteiger partial charge in [0.25, 0.3) is 0 Å². The Morgan fingerprint density at radius 3 is 2.79 bits per heavy atom. The zero-order chi connectivity index (χ0) is 13.6. The molecule has 1 saturated heterocycles. The summed E-state index contributed by atoms with van der Waals surface area (Å²) < 4.78 is 10.6. The van der Waals surface area contributed by atoms with Crippen molar-refractivity contribution >= 4 is 0 Å². The fourth-order valence-electron chi connectivity index (χ4n) is 2.57. The molecule has 1 unspecified atom stereocenters. The van der Waals surface area contributed by atoms with Gasteiger partial charge in [0.2, 0.25) is 0 Å². The summed E-state index contributed by atoms with van der Waals surface area (Å²) in [5, 5.41) is 12.8. The first-order chi connectivity index (χ1) is 9.24. The van der Waals surface area contributed by atoms with Gasteiger partial charge < -0.3 is 19.9 Å². The van der Waals surface area contributed by atoms with Crippen molar-refractivity contribution in [3.63, 3.8) is 0 Å². The maximum absolute atomic E-state index is 9.33. The van der Waals surface area contributed by atoms with E-state index in [-0.39, 0.29) is 5.41 Å². The Kier molecular flexibility index (Phi) is 5.19. The van der Waals surface area contributed by atoms with Crippen LogP contribution in [0.4, 0.5) is 0 Å². The van der Waals surface area contributed by atoms with Gasteiger partial charge in [0.1, 0.15) is 5.75 Å². The number of phenols is 1. The summed E-state index contributed by atoms with van der Waals surface area (Å²) in [7, 11) is 1.71. The highest BCUT2D eigenvalue weighted by Gasteiger charge is 2.34. The monoisotopic (exact) mass is 265 g/mol. The highest BCUT2D eigenvalue weighted by atomic mass is 16.5. The van der Waals surface area contributed by atoms with Gasteiger partial charge in [0, 0.05) is 32.2 Å². The number of methoxy groups -OCH3 is 1. The minimum absolute atomic E-state index is 0.171. The van der Waals surface area contributed by atoms with E-state index in [0.717, 1.165) is 45.8 Å². The first kappa shape index (κ1) is 14.3. The Hall–Kier alpha value is -1.10. The number of aromatic hydroxyl groups is 1. The van der Waals surface area contributed by atoms with Gasteiger partial charge in [-0.2, -0.15) is 0 Å². The van der Waals surface area contributed by atoms with Crippen LogP contribution >= 0.6 is 0 Å². The summed E-state index contributed by atoms with van der Waals surface area (Å²) in [4.78, 5) is 0. The maximum atomic E-state index is 9.33. The van der Waals surface area contributed by atoms with Crippen molar-refractivity contribution in [2.75, 3.05) is 40.0 Å². The third-order valence-corrected chi connectivity index (χ3v) is 3.68. The van der Waals surface area contributed by atoms with Crippen molar-refractivity contribution in [1.29, 1.82) is 0 Å². The minimum Gasteiger partial charge on any atom is -0.508 e. The van der Waals surface area contributed by atoms with Gasteiger partial charge in [-0.1, -0.05) is 12.1 Å². The lowest BCUT2D eigenvalue weighted by atomic mass is 9.81. The number of rotatable bonds is 7. The molecular formula is C15H23NO3. The zero-order valence-electron chi connectivity index (χ0n) is 11.5. The molecule has 0 amide bonds. The molecule has 0 bridgehead atoms. The van der Waals surface area contributed by atoms with Crippen molar-refractivity contribution < 1.29 is 14.6 Å². The van der Waals surface area contributed by atoms with Crippen LogP contribution in [0.1, 0.15) is 12.0 Å². The van der Waals surface area contributed by atoms with Gasteiger partial charge in [-0.05, 0) is 30.5 Å². The average Bonchev–Trinajstić information content (AvgIpc) is 2.87. The van der Waals surface area contributed by atoms with Crippen molar-refractivity contribution in [3.05, 3.63) is 29.8 Å². The van der Waals surface area contributed by atoms with Crippen LogP contribution in [0.3, 0.4) is 0 Å². The molecule has 4 heteroatoms. The summed E-state index contributed by atoms with van der Waals surface area (Å²) in [5.41, 5.74) is 1.42. The van der Waals surface area contributed by atoms with E-state index in [1.165, 1.54) is 5.56 Å². The Morgan fingerprint density at radius 1 is 1.37 bits per heavy atom. The molecule has 0 aliphatic carbocycles. The highest BCUT2D eigenvalue weighted by molar-refractivity contribution is 5.26. The predicted octanol–water partition coefficient (Wildman–Crippen LogP) is 1.58. The van der Waals surface area contributed by atoms with E-state index in [1.54, 1.807) is 19.2 Å². The first-order valence-electron chi connectivity index (χ1n) is 6.79. The van der Waals surface area contributed by atoms with Gasteiger partial charge in [-0.3, -0.25) is 0 Å². The summed E-state index contributed by atoms with van der Waals surface area (Å²) in [6.07, 6.45) is 2.06. The number of hydrogen-bond donors (Lipinski definition) is 2. The van der Waals surface area contributed by atoms with E-state index in [1.807, 2.05) is 12.1 Å². The molecule has 1 aromatic carbocycles. The molecular weight excluding hydrogens is 242 g/mol. The number of benzene rings is 1. The van der Waals surface area contributed by atoms with E-state index in [9.17, 15) is 5.11 Å². The van der Waals surface area contributed by atoms with Crippen molar-refractivity contribution in [2.45, 2.75) is 12.8 Å². The number of phenolic OH excluding ortho intramolecular Hbond substituents is 1. The second-order valence-corrected chi connectivity index (χ2v) is 5.32. The third kappa shape index (κ3) is 4.20. The molecule has 106 valence electrons. The third-order valence-electron chi connectivity index (χ3n) is 3.68. The molecule has 4 nitrogen and oxygen atoms in total. The van der Waals surface area contributed by atoms with Crippen molar-refractivity contribution in [3.8, 4) is 5.75 Å². The number of hydrogen-bond acceptors (Lipinski definition) is 4. The Labute approximate surface area is 114 Å². The molecule has 1 aliphatic heterocycles. The minimum atomic E-state index is 0.171. The van der Waals surface area contributed by atoms with Crippen LogP contribution in [-0.2, 0) is 15.9 Å². The summed E-state index contributed by atoms with van der Waals surface area (Å²) in [6, 6.07) is 7.48. The smallest absolute Gasteiger partial charge is 0.115 e. The Balaban J connectivity index is 1.93. The molecule has 1 fully saturated rings. The van der Waals surface area contributed by atoms with E-state index in [0.29, 0.717) is 5.75 Å². The summed E-state index contributed by atoms with van der Waals surface area (Å²) in [5.74, 6) is 0.318. The van der Waals surface area contributed by atoms with E-state index in [2.05, 4.69) is 5.32 Å². The summed E-state index contributed by atoms with van der Waals surface area (Å²) in [6.45, 7) is 4.18. The van der Waals surface area contributed by atoms with Gasteiger partial charge in [-0.25, -0.2) is 0 Å². The molecule has 0 radical (unpaired) electrons. The first-order valence-corrected chi connectivity index (χ1v) is 6.79.